The zero-order chi connectivity index (χ0) is 10.9. The fourth-order valence-corrected chi connectivity index (χ4v) is 2.89. The maximum absolute atomic E-state index is 10.8. The van der Waals surface area contributed by atoms with Crippen molar-refractivity contribution >= 4 is 0 Å². The predicted molar refractivity (Wildman–Crippen MR) is 59.4 cm³/mol. The second kappa shape index (κ2) is 3.97. The molecule has 0 bridgehead atoms. The number of aryl methyl sites for hydroxylation is 1. The molecule has 1 N–H and O–H groups in total. The van der Waals surface area contributed by atoms with Crippen LogP contribution in [0.3, 0.4) is 0 Å². The van der Waals surface area contributed by atoms with Gasteiger partial charge in [0.1, 0.15) is 5.60 Å². The van der Waals surface area contributed by atoms with Crippen molar-refractivity contribution in [2.24, 2.45) is 5.92 Å². The first kappa shape index (κ1) is 10.7. The van der Waals surface area contributed by atoms with Gasteiger partial charge in [-0.2, -0.15) is 5.10 Å². The van der Waals surface area contributed by atoms with Crippen LogP contribution < -0.4 is 0 Å². The largest absolute Gasteiger partial charge is 0.383 e. The lowest BCUT2D eigenvalue weighted by molar-refractivity contribution is -0.0120. The molecule has 1 aliphatic rings. The highest BCUT2D eigenvalue weighted by Crippen LogP contribution is 2.44. The predicted octanol–water partition coefficient (Wildman–Crippen LogP) is 2.30. The van der Waals surface area contributed by atoms with Crippen molar-refractivity contribution in [1.82, 2.24) is 9.78 Å². The number of aliphatic hydroxyl groups is 1. The van der Waals surface area contributed by atoms with Gasteiger partial charge in [-0.3, -0.25) is 4.68 Å². The molecule has 2 atom stereocenters. The van der Waals surface area contributed by atoms with Crippen LogP contribution in [0.4, 0.5) is 0 Å². The van der Waals surface area contributed by atoms with Crippen LogP contribution in [0.2, 0.25) is 0 Å². The van der Waals surface area contributed by atoms with Crippen molar-refractivity contribution in [2.45, 2.75) is 51.7 Å². The summed E-state index contributed by atoms with van der Waals surface area (Å²) in [6, 6.07) is 1.97. The van der Waals surface area contributed by atoms with Crippen LogP contribution in [0.15, 0.2) is 12.3 Å². The summed E-state index contributed by atoms with van der Waals surface area (Å²) in [5, 5.41) is 15.0. The summed E-state index contributed by atoms with van der Waals surface area (Å²) in [6.07, 6.45) is 6.00. The van der Waals surface area contributed by atoms with Gasteiger partial charge in [0.25, 0.3) is 0 Å². The standard InChI is InChI=1S/C12H20N2O/c1-3-10-6-5-8-12(10,15)11-7-9-13-14(11)4-2/h7,9-10,15H,3-6,8H2,1-2H3. The first-order valence-electron chi connectivity index (χ1n) is 5.97. The zero-order valence-electron chi connectivity index (χ0n) is 9.61. The Morgan fingerprint density at radius 2 is 2.40 bits per heavy atom. The summed E-state index contributed by atoms with van der Waals surface area (Å²) < 4.78 is 1.92. The number of hydrogen-bond donors (Lipinski definition) is 1. The molecular formula is C12H20N2O. The van der Waals surface area contributed by atoms with Gasteiger partial charge in [-0.25, -0.2) is 0 Å². The Kier molecular flexibility index (Phi) is 2.83. The molecule has 3 heteroatoms. The van der Waals surface area contributed by atoms with Crippen LogP contribution in [0, 0.1) is 5.92 Å². The molecule has 0 aromatic carbocycles. The molecule has 0 saturated heterocycles. The van der Waals surface area contributed by atoms with Crippen LogP contribution in [0.1, 0.15) is 45.2 Å². The summed E-state index contributed by atoms with van der Waals surface area (Å²) in [7, 11) is 0. The Balaban J connectivity index is 2.35. The third-order valence-electron chi connectivity index (χ3n) is 3.74. The molecule has 1 aromatic heterocycles. The van der Waals surface area contributed by atoms with E-state index >= 15 is 0 Å². The summed E-state index contributed by atoms with van der Waals surface area (Å²) in [5.41, 5.74) is 0.385. The molecule has 1 saturated carbocycles. The highest BCUT2D eigenvalue weighted by molar-refractivity contribution is 5.15. The molecule has 0 spiro atoms. The van der Waals surface area contributed by atoms with Gasteiger partial charge >= 0.3 is 0 Å². The Labute approximate surface area is 91.1 Å². The summed E-state index contributed by atoms with van der Waals surface area (Å²) in [6.45, 7) is 5.06. The Hall–Kier alpha value is -0.830. The molecular weight excluding hydrogens is 188 g/mol. The third-order valence-corrected chi connectivity index (χ3v) is 3.74. The average Bonchev–Trinajstić information content (AvgIpc) is 2.83. The van der Waals surface area contributed by atoms with Gasteiger partial charge in [-0.1, -0.05) is 13.3 Å². The first-order valence-corrected chi connectivity index (χ1v) is 5.97. The first-order chi connectivity index (χ1) is 7.22. The van der Waals surface area contributed by atoms with E-state index in [4.69, 9.17) is 0 Å². The molecule has 1 aliphatic carbocycles. The molecule has 1 fully saturated rings. The topological polar surface area (TPSA) is 38.1 Å². The molecule has 0 aliphatic heterocycles. The molecule has 15 heavy (non-hydrogen) atoms. The Morgan fingerprint density at radius 1 is 1.60 bits per heavy atom. The van der Waals surface area contributed by atoms with Crippen LogP contribution in [0.25, 0.3) is 0 Å². The van der Waals surface area contributed by atoms with Gasteiger partial charge in [0, 0.05) is 12.7 Å². The van der Waals surface area contributed by atoms with Gasteiger partial charge in [0.15, 0.2) is 0 Å². The van der Waals surface area contributed by atoms with E-state index in [2.05, 4.69) is 18.9 Å². The van der Waals surface area contributed by atoms with Gasteiger partial charge in [-0.05, 0) is 38.2 Å². The highest BCUT2D eigenvalue weighted by Gasteiger charge is 2.43. The quantitative estimate of drug-likeness (QED) is 0.827. The van der Waals surface area contributed by atoms with Crippen molar-refractivity contribution in [3.8, 4) is 0 Å². The maximum Gasteiger partial charge on any atom is 0.109 e. The van der Waals surface area contributed by atoms with Crippen LogP contribution in [-0.2, 0) is 12.1 Å². The third kappa shape index (κ3) is 1.59. The lowest BCUT2D eigenvalue weighted by Gasteiger charge is -2.30. The van der Waals surface area contributed by atoms with Gasteiger partial charge < -0.3 is 5.11 Å². The van der Waals surface area contributed by atoms with E-state index in [1.807, 2.05) is 10.7 Å². The second-order valence-electron chi connectivity index (χ2n) is 4.45. The van der Waals surface area contributed by atoms with E-state index in [0.717, 1.165) is 37.9 Å². The average molecular weight is 208 g/mol. The number of aromatic nitrogens is 2. The lowest BCUT2D eigenvalue weighted by Crippen LogP contribution is -2.32. The molecule has 1 aromatic rings. The fraction of sp³-hybridized carbons (Fsp3) is 0.750. The van der Waals surface area contributed by atoms with Gasteiger partial charge in [0.2, 0.25) is 0 Å². The van der Waals surface area contributed by atoms with Crippen molar-refractivity contribution in [1.29, 1.82) is 0 Å². The minimum absolute atomic E-state index is 0.402. The van der Waals surface area contributed by atoms with E-state index in [1.165, 1.54) is 0 Å². The monoisotopic (exact) mass is 208 g/mol. The number of hydrogen-bond acceptors (Lipinski definition) is 2. The highest BCUT2D eigenvalue weighted by atomic mass is 16.3. The molecule has 0 radical (unpaired) electrons. The van der Waals surface area contributed by atoms with E-state index in [9.17, 15) is 5.11 Å². The maximum atomic E-state index is 10.8. The van der Waals surface area contributed by atoms with Crippen molar-refractivity contribution in [3.05, 3.63) is 18.0 Å². The van der Waals surface area contributed by atoms with Gasteiger partial charge in [-0.15, -0.1) is 0 Å². The van der Waals surface area contributed by atoms with Crippen molar-refractivity contribution in [2.75, 3.05) is 0 Å². The molecule has 0 amide bonds. The molecule has 3 nitrogen and oxygen atoms in total. The smallest absolute Gasteiger partial charge is 0.109 e. The van der Waals surface area contributed by atoms with E-state index < -0.39 is 5.60 Å². The second-order valence-corrected chi connectivity index (χ2v) is 4.45. The molecule has 2 rings (SSSR count). The minimum atomic E-state index is -0.624. The zero-order valence-corrected chi connectivity index (χ0v) is 9.61. The minimum Gasteiger partial charge on any atom is -0.383 e. The molecule has 2 unspecified atom stereocenters. The summed E-state index contributed by atoms with van der Waals surface area (Å²) in [4.78, 5) is 0. The number of rotatable bonds is 3. The van der Waals surface area contributed by atoms with Gasteiger partial charge in [0.05, 0.1) is 5.69 Å². The normalized spacial score (nSPS) is 31.0. The lowest BCUT2D eigenvalue weighted by atomic mass is 9.86. The van der Waals surface area contributed by atoms with E-state index in [-0.39, 0.29) is 0 Å². The van der Waals surface area contributed by atoms with Crippen molar-refractivity contribution < 1.29 is 5.11 Å². The Morgan fingerprint density at radius 3 is 3.07 bits per heavy atom. The van der Waals surface area contributed by atoms with Crippen LogP contribution >= 0.6 is 0 Å². The van der Waals surface area contributed by atoms with E-state index in [0.29, 0.717) is 5.92 Å². The summed E-state index contributed by atoms with van der Waals surface area (Å²) in [5.74, 6) is 0.402. The van der Waals surface area contributed by atoms with Crippen LogP contribution in [0.5, 0.6) is 0 Å². The van der Waals surface area contributed by atoms with E-state index in [1.54, 1.807) is 6.20 Å². The summed E-state index contributed by atoms with van der Waals surface area (Å²) >= 11 is 0. The fourth-order valence-electron chi connectivity index (χ4n) is 2.89. The molecule has 84 valence electrons. The van der Waals surface area contributed by atoms with Crippen molar-refractivity contribution in [3.63, 3.8) is 0 Å². The number of nitrogens with zero attached hydrogens (tertiary/aromatic N) is 2. The Bertz CT molecular complexity index is 334. The SMILES string of the molecule is CCC1CCCC1(O)c1ccnn1CC. The van der Waals surface area contributed by atoms with Crippen LogP contribution in [-0.4, -0.2) is 14.9 Å². The molecule has 1 heterocycles.